The number of para-hydroxylation sites is 1. The molecule has 5 heteroatoms. The predicted molar refractivity (Wildman–Crippen MR) is 84.5 cm³/mol. The third-order valence-corrected chi connectivity index (χ3v) is 4.03. The number of aromatic nitrogens is 3. The van der Waals surface area contributed by atoms with Crippen molar-refractivity contribution in [2.75, 3.05) is 12.3 Å². The van der Waals surface area contributed by atoms with Crippen LogP contribution in [0.4, 0.5) is 5.82 Å². The van der Waals surface area contributed by atoms with E-state index in [9.17, 15) is 0 Å². The van der Waals surface area contributed by atoms with Crippen molar-refractivity contribution in [3.63, 3.8) is 0 Å². The van der Waals surface area contributed by atoms with Crippen LogP contribution >= 0.6 is 0 Å². The summed E-state index contributed by atoms with van der Waals surface area (Å²) in [5.41, 5.74) is 7.81. The predicted octanol–water partition coefficient (Wildman–Crippen LogP) is 2.79. The van der Waals surface area contributed by atoms with Gasteiger partial charge in [0.1, 0.15) is 12.1 Å². The molecule has 5 nitrogen and oxygen atoms in total. The van der Waals surface area contributed by atoms with Crippen LogP contribution in [0.25, 0.3) is 10.9 Å². The molecular formula is C17H16N4O. The maximum absolute atomic E-state index is 5.69. The Morgan fingerprint density at radius 1 is 1.14 bits per heavy atom. The van der Waals surface area contributed by atoms with Gasteiger partial charge in [-0.1, -0.05) is 24.3 Å². The minimum Gasteiger partial charge on any atom is -0.477 e. The lowest BCUT2D eigenvalue weighted by molar-refractivity contribution is 0.285. The SMILES string of the molecule is Nc1cc(OCC2CC2c2ccc3ccccc3n2)ncn1. The van der Waals surface area contributed by atoms with Gasteiger partial charge in [0.2, 0.25) is 5.88 Å². The fourth-order valence-corrected chi connectivity index (χ4v) is 2.71. The fraction of sp³-hybridized carbons (Fsp3) is 0.235. The first kappa shape index (κ1) is 13.0. The van der Waals surface area contributed by atoms with Gasteiger partial charge in [-0.2, -0.15) is 0 Å². The van der Waals surface area contributed by atoms with Gasteiger partial charge in [-0.25, -0.2) is 9.97 Å². The second kappa shape index (κ2) is 5.26. The Hall–Kier alpha value is -2.69. The van der Waals surface area contributed by atoms with Crippen LogP contribution in [0.3, 0.4) is 0 Å². The van der Waals surface area contributed by atoms with E-state index in [1.807, 2.05) is 12.1 Å². The highest BCUT2D eigenvalue weighted by Gasteiger charge is 2.40. The van der Waals surface area contributed by atoms with Crippen LogP contribution in [0.15, 0.2) is 48.8 Å². The number of rotatable bonds is 4. The lowest BCUT2D eigenvalue weighted by Gasteiger charge is -2.05. The molecule has 0 spiro atoms. The molecule has 1 fully saturated rings. The molecule has 0 saturated heterocycles. The summed E-state index contributed by atoms with van der Waals surface area (Å²) in [6, 6.07) is 14.1. The molecule has 0 aliphatic heterocycles. The summed E-state index contributed by atoms with van der Waals surface area (Å²) in [4.78, 5) is 12.7. The van der Waals surface area contributed by atoms with Crippen molar-refractivity contribution in [1.29, 1.82) is 0 Å². The van der Waals surface area contributed by atoms with Crippen LogP contribution in [0.1, 0.15) is 18.0 Å². The number of fused-ring (bicyclic) bond motifs is 1. The van der Waals surface area contributed by atoms with Gasteiger partial charge in [0, 0.05) is 29.0 Å². The molecule has 22 heavy (non-hydrogen) atoms. The zero-order chi connectivity index (χ0) is 14.9. The molecule has 2 heterocycles. The molecule has 2 aromatic heterocycles. The largest absolute Gasteiger partial charge is 0.477 e. The van der Waals surface area contributed by atoms with E-state index in [1.165, 1.54) is 11.7 Å². The lowest BCUT2D eigenvalue weighted by atomic mass is 10.1. The number of pyridine rings is 1. The molecule has 1 saturated carbocycles. The summed E-state index contributed by atoms with van der Waals surface area (Å²) in [6.45, 7) is 0.635. The normalized spacial score (nSPS) is 20.0. The van der Waals surface area contributed by atoms with Gasteiger partial charge in [-0.15, -0.1) is 0 Å². The Morgan fingerprint density at radius 2 is 2.05 bits per heavy atom. The first-order valence-electron chi connectivity index (χ1n) is 7.35. The van der Waals surface area contributed by atoms with Crippen LogP contribution in [-0.4, -0.2) is 21.6 Å². The Kier molecular flexibility index (Phi) is 3.11. The molecule has 0 radical (unpaired) electrons. The van der Waals surface area contributed by atoms with E-state index >= 15 is 0 Å². The molecule has 110 valence electrons. The molecule has 0 bridgehead atoms. The summed E-state index contributed by atoms with van der Waals surface area (Å²) < 4.78 is 5.69. The second-order valence-corrected chi connectivity index (χ2v) is 5.62. The van der Waals surface area contributed by atoms with Crippen LogP contribution in [0.2, 0.25) is 0 Å². The highest BCUT2D eigenvalue weighted by molar-refractivity contribution is 5.78. The monoisotopic (exact) mass is 292 g/mol. The molecule has 1 aliphatic carbocycles. The summed E-state index contributed by atoms with van der Waals surface area (Å²) >= 11 is 0. The molecular weight excluding hydrogens is 276 g/mol. The highest BCUT2D eigenvalue weighted by atomic mass is 16.5. The maximum Gasteiger partial charge on any atom is 0.218 e. The number of ether oxygens (including phenoxy) is 1. The lowest BCUT2D eigenvalue weighted by Crippen LogP contribution is -2.04. The molecule has 1 aromatic carbocycles. The van der Waals surface area contributed by atoms with Crippen LogP contribution in [-0.2, 0) is 0 Å². The first-order chi connectivity index (χ1) is 10.8. The van der Waals surface area contributed by atoms with Crippen LogP contribution < -0.4 is 10.5 Å². The Balaban J connectivity index is 1.42. The molecule has 2 atom stereocenters. The average molecular weight is 292 g/mol. The number of nitrogen functional groups attached to an aromatic ring is 1. The summed E-state index contributed by atoms with van der Waals surface area (Å²) in [7, 11) is 0. The fourth-order valence-electron chi connectivity index (χ4n) is 2.71. The third kappa shape index (κ3) is 2.57. The van der Waals surface area contributed by atoms with Crippen molar-refractivity contribution < 1.29 is 4.74 Å². The second-order valence-electron chi connectivity index (χ2n) is 5.62. The number of nitrogens with zero attached hydrogens (tertiary/aromatic N) is 3. The van der Waals surface area contributed by atoms with Gasteiger partial charge >= 0.3 is 0 Å². The molecule has 4 rings (SSSR count). The molecule has 3 aromatic rings. The topological polar surface area (TPSA) is 73.9 Å². The number of hydrogen-bond acceptors (Lipinski definition) is 5. The Labute approximate surface area is 128 Å². The molecule has 2 N–H and O–H groups in total. The van der Waals surface area contributed by atoms with Gasteiger partial charge in [0.25, 0.3) is 0 Å². The summed E-state index contributed by atoms with van der Waals surface area (Å²) in [5.74, 6) is 1.92. The molecule has 0 amide bonds. The van der Waals surface area contributed by atoms with E-state index < -0.39 is 0 Å². The van der Waals surface area contributed by atoms with Crippen LogP contribution in [0, 0.1) is 5.92 Å². The zero-order valence-corrected chi connectivity index (χ0v) is 12.0. The standard InChI is InChI=1S/C17H16N4O/c18-16-8-17(20-10-19-16)22-9-12-7-13(12)15-6-5-11-3-1-2-4-14(11)21-15/h1-6,8,10,12-13H,7,9H2,(H2,18,19,20). The van der Waals surface area contributed by atoms with Gasteiger partial charge in [-0.05, 0) is 18.6 Å². The van der Waals surface area contributed by atoms with E-state index in [0.29, 0.717) is 30.1 Å². The van der Waals surface area contributed by atoms with Gasteiger partial charge in [-0.3, -0.25) is 4.98 Å². The van der Waals surface area contributed by atoms with Crippen molar-refractivity contribution in [2.45, 2.75) is 12.3 Å². The maximum atomic E-state index is 5.69. The minimum absolute atomic E-state index is 0.425. The van der Waals surface area contributed by atoms with Gasteiger partial charge < -0.3 is 10.5 Å². The number of nitrogens with two attached hydrogens (primary N) is 1. The Morgan fingerprint density at radius 3 is 2.95 bits per heavy atom. The van der Waals surface area contributed by atoms with Crippen molar-refractivity contribution in [2.24, 2.45) is 5.92 Å². The van der Waals surface area contributed by atoms with Crippen molar-refractivity contribution in [3.8, 4) is 5.88 Å². The van der Waals surface area contributed by atoms with Crippen molar-refractivity contribution in [3.05, 3.63) is 54.5 Å². The van der Waals surface area contributed by atoms with E-state index in [2.05, 4.69) is 34.2 Å². The van der Waals surface area contributed by atoms with E-state index in [-0.39, 0.29) is 0 Å². The molecule has 2 unspecified atom stereocenters. The average Bonchev–Trinajstić information content (AvgIpc) is 3.32. The van der Waals surface area contributed by atoms with Crippen molar-refractivity contribution >= 4 is 16.7 Å². The molecule has 1 aliphatic rings. The van der Waals surface area contributed by atoms with Crippen molar-refractivity contribution in [1.82, 2.24) is 15.0 Å². The van der Waals surface area contributed by atoms with E-state index in [4.69, 9.17) is 15.5 Å². The quantitative estimate of drug-likeness (QED) is 0.800. The third-order valence-electron chi connectivity index (χ3n) is 4.03. The minimum atomic E-state index is 0.425. The highest BCUT2D eigenvalue weighted by Crippen LogP contribution is 2.47. The first-order valence-corrected chi connectivity index (χ1v) is 7.35. The smallest absolute Gasteiger partial charge is 0.218 e. The summed E-state index contributed by atoms with van der Waals surface area (Å²) in [5, 5.41) is 1.18. The Bertz CT molecular complexity index is 820. The van der Waals surface area contributed by atoms with E-state index in [0.717, 1.165) is 17.6 Å². The van der Waals surface area contributed by atoms with E-state index in [1.54, 1.807) is 6.07 Å². The number of benzene rings is 1. The number of hydrogen-bond donors (Lipinski definition) is 1. The zero-order valence-electron chi connectivity index (χ0n) is 12.0. The number of anilines is 1. The van der Waals surface area contributed by atoms with Crippen LogP contribution in [0.5, 0.6) is 5.88 Å². The van der Waals surface area contributed by atoms with Gasteiger partial charge in [0.05, 0.1) is 12.1 Å². The summed E-state index contributed by atoms with van der Waals surface area (Å²) in [6.07, 6.45) is 2.52. The van der Waals surface area contributed by atoms with Gasteiger partial charge in [0.15, 0.2) is 0 Å².